The molecule has 1 saturated heterocycles. The molecule has 1 fully saturated rings. The number of sulfonamides is 2. The number of benzene rings is 1. The molecular formula is C13H19ClN2O5S2. The van der Waals surface area contributed by atoms with Crippen LogP contribution in [0.1, 0.15) is 19.8 Å². The zero-order valence-corrected chi connectivity index (χ0v) is 15.2. The Balaban J connectivity index is 2.36. The Morgan fingerprint density at radius 1 is 1.35 bits per heavy atom. The molecule has 1 aromatic rings. The monoisotopic (exact) mass is 382 g/mol. The number of ether oxygens (including phenoxy) is 1. The Hall–Kier alpha value is -0.710. The Labute approximate surface area is 141 Å². The third-order valence-electron chi connectivity index (χ3n) is 3.77. The van der Waals surface area contributed by atoms with Gasteiger partial charge in [0.1, 0.15) is 4.90 Å². The largest absolute Gasteiger partial charge is 0.374 e. The Kier molecular flexibility index (Phi) is 5.10. The van der Waals surface area contributed by atoms with Crippen molar-refractivity contribution in [1.29, 1.82) is 0 Å². The maximum Gasteiger partial charge on any atom is 0.242 e. The van der Waals surface area contributed by atoms with Crippen LogP contribution in [0.5, 0.6) is 0 Å². The second-order valence-corrected chi connectivity index (χ2v) is 9.78. The number of hydrogen-bond acceptors (Lipinski definition) is 5. The first-order chi connectivity index (χ1) is 10.5. The topological polar surface area (TPSA) is 107 Å². The van der Waals surface area contributed by atoms with Gasteiger partial charge in [-0.3, -0.25) is 0 Å². The highest BCUT2D eigenvalue weighted by Gasteiger charge is 2.35. The van der Waals surface area contributed by atoms with Crippen LogP contribution in [0.25, 0.3) is 0 Å². The summed E-state index contributed by atoms with van der Waals surface area (Å²) in [5.41, 5.74) is -0.545. The van der Waals surface area contributed by atoms with Crippen molar-refractivity contribution in [2.45, 2.75) is 35.2 Å². The lowest BCUT2D eigenvalue weighted by molar-refractivity contribution is 0.00965. The SMILES string of the molecule is CN(CC1(C)CCCO1)S(=O)(=O)c1ccc(Cl)c(S(N)(=O)=O)c1. The van der Waals surface area contributed by atoms with Crippen LogP contribution in [0.2, 0.25) is 5.02 Å². The van der Waals surface area contributed by atoms with E-state index in [0.717, 1.165) is 23.2 Å². The minimum atomic E-state index is -4.12. The molecule has 2 rings (SSSR count). The summed E-state index contributed by atoms with van der Waals surface area (Å²) in [6.07, 6.45) is 1.64. The molecule has 1 heterocycles. The average molecular weight is 383 g/mol. The molecule has 1 atom stereocenters. The number of rotatable bonds is 5. The smallest absolute Gasteiger partial charge is 0.242 e. The van der Waals surface area contributed by atoms with Crippen LogP contribution in [0.15, 0.2) is 28.0 Å². The van der Waals surface area contributed by atoms with Crippen molar-refractivity contribution >= 4 is 31.6 Å². The number of likely N-dealkylation sites (N-methyl/N-ethyl adjacent to an activating group) is 1. The van der Waals surface area contributed by atoms with E-state index in [1.54, 1.807) is 0 Å². The van der Waals surface area contributed by atoms with E-state index in [2.05, 4.69) is 0 Å². The second-order valence-electron chi connectivity index (χ2n) is 5.80. The number of nitrogens with zero attached hydrogens (tertiary/aromatic N) is 1. The first-order valence-electron chi connectivity index (χ1n) is 6.88. The van der Waals surface area contributed by atoms with Gasteiger partial charge in [-0.05, 0) is 38.0 Å². The summed E-state index contributed by atoms with van der Waals surface area (Å²) in [6.45, 7) is 2.62. The van der Waals surface area contributed by atoms with Crippen molar-refractivity contribution < 1.29 is 21.6 Å². The zero-order chi connectivity index (χ0) is 17.5. The second kappa shape index (κ2) is 6.30. The van der Waals surface area contributed by atoms with Gasteiger partial charge in [-0.1, -0.05) is 11.6 Å². The van der Waals surface area contributed by atoms with Crippen LogP contribution in [0.4, 0.5) is 0 Å². The first kappa shape index (κ1) is 18.6. The highest BCUT2D eigenvalue weighted by atomic mass is 35.5. The molecule has 1 unspecified atom stereocenters. The maximum absolute atomic E-state index is 12.6. The van der Waals surface area contributed by atoms with Crippen LogP contribution in [0.3, 0.4) is 0 Å². The molecule has 0 aliphatic carbocycles. The van der Waals surface area contributed by atoms with E-state index in [1.807, 2.05) is 6.92 Å². The van der Waals surface area contributed by atoms with Crippen LogP contribution in [-0.4, -0.2) is 46.9 Å². The Bertz CT molecular complexity index is 802. The number of primary sulfonamides is 1. The summed E-state index contributed by atoms with van der Waals surface area (Å²) in [6, 6.07) is 3.43. The predicted molar refractivity (Wildman–Crippen MR) is 86.2 cm³/mol. The maximum atomic E-state index is 12.6. The van der Waals surface area contributed by atoms with Gasteiger partial charge in [0.2, 0.25) is 20.0 Å². The fourth-order valence-electron chi connectivity index (χ4n) is 2.56. The van der Waals surface area contributed by atoms with Gasteiger partial charge in [-0.15, -0.1) is 0 Å². The van der Waals surface area contributed by atoms with Gasteiger partial charge in [-0.25, -0.2) is 22.0 Å². The molecule has 1 aliphatic rings. The molecule has 0 spiro atoms. The first-order valence-corrected chi connectivity index (χ1v) is 10.2. The van der Waals surface area contributed by atoms with Gasteiger partial charge in [0, 0.05) is 20.2 Å². The molecule has 1 aliphatic heterocycles. The van der Waals surface area contributed by atoms with Crippen molar-refractivity contribution in [3.05, 3.63) is 23.2 Å². The van der Waals surface area contributed by atoms with Gasteiger partial charge in [0.25, 0.3) is 0 Å². The lowest BCUT2D eigenvalue weighted by atomic mass is 10.0. The number of halogens is 1. The fourth-order valence-corrected chi connectivity index (χ4v) is 5.02. The molecule has 0 saturated carbocycles. The summed E-state index contributed by atoms with van der Waals surface area (Å²) >= 11 is 5.78. The zero-order valence-electron chi connectivity index (χ0n) is 12.8. The molecule has 0 bridgehead atoms. The third kappa shape index (κ3) is 4.04. The summed E-state index contributed by atoms with van der Waals surface area (Å²) in [5, 5.41) is 4.93. The quantitative estimate of drug-likeness (QED) is 0.822. The number of nitrogens with two attached hydrogens (primary N) is 1. The molecule has 1 aromatic carbocycles. The minimum Gasteiger partial charge on any atom is -0.374 e. The standard InChI is InChI=1S/C13H19ClN2O5S2/c1-13(6-3-7-21-13)9-16(2)23(19,20)10-4-5-11(14)12(8-10)22(15,17)18/h4-5,8H,3,6-7,9H2,1-2H3,(H2,15,17,18). The van der Waals surface area contributed by atoms with Crippen LogP contribution in [0, 0.1) is 0 Å². The molecule has 23 heavy (non-hydrogen) atoms. The van der Waals surface area contributed by atoms with Crippen molar-refractivity contribution in [3.63, 3.8) is 0 Å². The van der Waals surface area contributed by atoms with E-state index >= 15 is 0 Å². The van der Waals surface area contributed by atoms with Gasteiger partial charge >= 0.3 is 0 Å². The Morgan fingerprint density at radius 2 is 2.00 bits per heavy atom. The van der Waals surface area contributed by atoms with Crippen molar-refractivity contribution in [2.75, 3.05) is 20.2 Å². The summed E-state index contributed by atoms with van der Waals surface area (Å²) in [5.74, 6) is 0. The van der Waals surface area contributed by atoms with Crippen molar-refractivity contribution in [3.8, 4) is 0 Å². The van der Waals surface area contributed by atoms with Gasteiger partial charge in [-0.2, -0.15) is 4.31 Å². The summed E-state index contributed by atoms with van der Waals surface area (Å²) in [4.78, 5) is -0.605. The highest BCUT2D eigenvalue weighted by Crippen LogP contribution is 2.29. The summed E-state index contributed by atoms with van der Waals surface area (Å²) in [7, 11) is -6.58. The van der Waals surface area contributed by atoms with Gasteiger partial charge in [0.05, 0.1) is 15.5 Å². The highest BCUT2D eigenvalue weighted by molar-refractivity contribution is 7.90. The van der Waals surface area contributed by atoms with Gasteiger partial charge < -0.3 is 4.74 Å². The normalized spacial score (nSPS) is 22.7. The molecule has 0 radical (unpaired) electrons. The molecule has 10 heteroatoms. The van der Waals surface area contributed by atoms with Gasteiger partial charge in [0.15, 0.2) is 0 Å². The van der Waals surface area contributed by atoms with Crippen molar-refractivity contribution in [1.82, 2.24) is 4.31 Å². The van der Waals surface area contributed by atoms with Crippen LogP contribution < -0.4 is 5.14 Å². The van der Waals surface area contributed by atoms with E-state index < -0.39 is 30.5 Å². The van der Waals surface area contributed by atoms with Crippen LogP contribution >= 0.6 is 11.6 Å². The van der Waals surface area contributed by atoms with E-state index in [4.69, 9.17) is 21.5 Å². The Morgan fingerprint density at radius 3 is 2.52 bits per heavy atom. The van der Waals surface area contributed by atoms with E-state index in [1.165, 1.54) is 19.2 Å². The molecule has 0 amide bonds. The average Bonchev–Trinajstić information content (AvgIpc) is 2.84. The molecule has 0 aromatic heterocycles. The van der Waals surface area contributed by atoms with E-state index in [0.29, 0.717) is 6.61 Å². The van der Waals surface area contributed by atoms with Crippen molar-refractivity contribution in [2.24, 2.45) is 5.14 Å². The van der Waals surface area contributed by atoms with Crippen LogP contribution in [-0.2, 0) is 24.8 Å². The lowest BCUT2D eigenvalue weighted by Crippen LogP contribution is -2.41. The molecule has 130 valence electrons. The predicted octanol–water partition coefficient (Wildman–Crippen LogP) is 1.18. The van der Waals surface area contributed by atoms with E-state index in [9.17, 15) is 16.8 Å². The lowest BCUT2D eigenvalue weighted by Gasteiger charge is -2.28. The summed E-state index contributed by atoms with van der Waals surface area (Å²) < 4.78 is 55.0. The molecule has 2 N–H and O–H groups in total. The van der Waals surface area contributed by atoms with E-state index in [-0.39, 0.29) is 16.5 Å². The fraction of sp³-hybridized carbons (Fsp3) is 0.538. The molecule has 7 nitrogen and oxygen atoms in total. The molecular weight excluding hydrogens is 364 g/mol. The number of hydrogen-bond donors (Lipinski definition) is 1. The third-order valence-corrected chi connectivity index (χ3v) is 6.97. The minimum absolute atomic E-state index is 0.125.